The first-order valence-electron chi connectivity index (χ1n) is 10.2. The molecule has 7 nitrogen and oxygen atoms in total. The number of pyridine rings is 1. The maximum Gasteiger partial charge on any atom is 0.168 e. The van der Waals surface area contributed by atoms with E-state index in [1.807, 2.05) is 24.4 Å². The van der Waals surface area contributed by atoms with Crippen LogP contribution in [0.1, 0.15) is 68.8 Å². The third-order valence-electron chi connectivity index (χ3n) is 5.53. The Hall–Kier alpha value is -2.54. The zero-order valence-electron chi connectivity index (χ0n) is 16.6. The zero-order chi connectivity index (χ0) is 19.3. The van der Waals surface area contributed by atoms with Crippen molar-refractivity contribution in [3.05, 3.63) is 60.1 Å². The van der Waals surface area contributed by atoms with Crippen LogP contribution in [-0.2, 0) is 13.1 Å². The van der Waals surface area contributed by atoms with Gasteiger partial charge in [-0.2, -0.15) is 0 Å². The van der Waals surface area contributed by atoms with Gasteiger partial charge < -0.3 is 4.42 Å². The molecule has 1 saturated carbocycles. The van der Waals surface area contributed by atoms with Crippen LogP contribution in [0.2, 0.25) is 0 Å². The average Bonchev–Trinajstić information content (AvgIpc) is 3.45. The summed E-state index contributed by atoms with van der Waals surface area (Å²) in [5.41, 5.74) is 1.17. The van der Waals surface area contributed by atoms with Crippen molar-refractivity contribution in [2.24, 2.45) is 5.92 Å². The van der Waals surface area contributed by atoms with Crippen molar-refractivity contribution in [2.75, 3.05) is 0 Å². The molecule has 1 aliphatic rings. The fourth-order valence-electron chi connectivity index (χ4n) is 4.27. The lowest BCUT2D eigenvalue weighted by Gasteiger charge is -2.33. The van der Waals surface area contributed by atoms with E-state index in [-0.39, 0.29) is 6.04 Å². The Bertz CT molecular complexity index is 839. The van der Waals surface area contributed by atoms with E-state index in [2.05, 4.69) is 50.0 Å². The van der Waals surface area contributed by atoms with Crippen LogP contribution in [0.25, 0.3) is 0 Å². The maximum atomic E-state index is 5.66. The van der Waals surface area contributed by atoms with Gasteiger partial charge in [0.25, 0.3) is 0 Å². The fraction of sp³-hybridized carbons (Fsp3) is 0.524. The number of tetrazole rings is 1. The lowest BCUT2D eigenvalue weighted by Crippen LogP contribution is -2.34. The van der Waals surface area contributed by atoms with E-state index in [0.717, 1.165) is 31.0 Å². The minimum absolute atomic E-state index is 0.0842. The van der Waals surface area contributed by atoms with Crippen molar-refractivity contribution in [3.8, 4) is 0 Å². The summed E-state index contributed by atoms with van der Waals surface area (Å²) in [7, 11) is 0. The van der Waals surface area contributed by atoms with Crippen LogP contribution in [0.4, 0.5) is 0 Å². The Morgan fingerprint density at radius 3 is 2.71 bits per heavy atom. The molecular formula is C21H28N6O. The van der Waals surface area contributed by atoms with E-state index < -0.39 is 0 Å². The summed E-state index contributed by atoms with van der Waals surface area (Å²) < 4.78 is 7.74. The van der Waals surface area contributed by atoms with Crippen molar-refractivity contribution in [1.82, 2.24) is 30.1 Å². The largest absolute Gasteiger partial charge is 0.468 e. The molecule has 1 atom stereocenters. The Kier molecular flexibility index (Phi) is 5.81. The predicted octanol–water partition coefficient (Wildman–Crippen LogP) is 4.18. The predicted molar refractivity (Wildman–Crippen MR) is 105 cm³/mol. The highest BCUT2D eigenvalue weighted by atomic mass is 16.3. The van der Waals surface area contributed by atoms with Gasteiger partial charge in [0.1, 0.15) is 5.76 Å². The second-order valence-electron chi connectivity index (χ2n) is 7.95. The van der Waals surface area contributed by atoms with E-state index >= 15 is 0 Å². The first-order valence-corrected chi connectivity index (χ1v) is 10.2. The summed E-state index contributed by atoms with van der Waals surface area (Å²) in [6.45, 7) is 5.92. The van der Waals surface area contributed by atoms with Gasteiger partial charge >= 0.3 is 0 Å². The van der Waals surface area contributed by atoms with Crippen LogP contribution in [-0.4, -0.2) is 30.1 Å². The number of aromatic nitrogens is 5. The summed E-state index contributed by atoms with van der Waals surface area (Å²) in [5.74, 6) is 2.24. The molecule has 0 radical (unpaired) electrons. The SMILES string of the molecule is CC(C)[C@H](c1nnnn1C1CCCC1)N(Cc1cccnc1)Cc1ccco1. The number of furan rings is 1. The van der Waals surface area contributed by atoms with Gasteiger partial charge in [-0.25, -0.2) is 4.68 Å². The van der Waals surface area contributed by atoms with Crippen LogP contribution in [0.3, 0.4) is 0 Å². The molecular weight excluding hydrogens is 352 g/mol. The summed E-state index contributed by atoms with van der Waals surface area (Å²) in [6, 6.07) is 8.54. The number of hydrogen-bond acceptors (Lipinski definition) is 6. The molecule has 3 heterocycles. The molecule has 0 aromatic carbocycles. The first-order chi connectivity index (χ1) is 13.7. The maximum absolute atomic E-state index is 5.66. The minimum atomic E-state index is 0.0842. The van der Waals surface area contributed by atoms with Crippen molar-refractivity contribution < 1.29 is 4.42 Å². The topological polar surface area (TPSA) is 72.9 Å². The van der Waals surface area contributed by atoms with Gasteiger partial charge in [-0.05, 0) is 52.9 Å². The molecule has 1 aliphatic carbocycles. The van der Waals surface area contributed by atoms with E-state index in [4.69, 9.17) is 4.42 Å². The summed E-state index contributed by atoms with van der Waals surface area (Å²) in [6.07, 6.45) is 10.3. The van der Waals surface area contributed by atoms with E-state index in [1.165, 1.54) is 18.4 Å². The Balaban J connectivity index is 1.67. The smallest absolute Gasteiger partial charge is 0.168 e. The van der Waals surface area contributed by atoms with E-state index in [9.17, 15) is 0 Å². The van der Waals surface area contributed by atoms with Crippen molar-refractivity contribution in [1.29, 1.82) is 0 Å². The van der Waals surface area contributed by atoms with E-state index in [1.54, 1.807) is 12.5 Å². The van der Waals surface area contributed by atoms with Gasteiger partial charge in [-0.15, -0.1) is 5.10 Å². The van der Waals surface area contributed by atoms with Gasteiger partial charge in [-0.3, -0.25) is 9.88 Å². The van der Waals surface area contributed by atoms with Gasteiger partial charge in [0.05, 0.1) is 24.9 Å². The van der Waals surface area contributed by atoms with Crippen LogP contribution < -0.4 is 0 Å². The minimum Gasteiger partial charge on any atom is -0.468 e. The summed E-state index contributed by atoms with van der Waals surface area (Å²) in [4.78, 5) is 6.69. The molecule has 7 heteroatoms. The Labute approximate surface area is 165 Å². The van der Waals surface area contributed by atoms with Gasteiger partial charge in [0.2, 0.25) is 0 Å². The normalized spacial score (nSPS) is 16.3. The van der Waals surface area contributed by atoms with Crippen molar-refractivity contribution >= 4 is 0 Å². The highest BCUT2D eigenvalue weighted by Crippen LogP contribution is 2.35. The molecule has 0 aliphatic heterocycles. The number of hydrogen-bond donors (Lipinski definition) is 0. The van der Waals surface area contributed by atoms with Crippen LogP contribution in [0, 0.1) is 5.92 Å². The second-order valence-corrected chi connectivity index (χ2v) is 7.95. The molecule has 4 rings (SSSR count). The third kappa shape index (κ3) is 4.14. The standard InChI is InChI=1S/C21H28N6O/c1-16(2)20(21-23-24-25-27(21)18-8-3-4-9-18)26(15-19-10-6-12-28-19)14-17-7-5-11-22-13-17/h5-7,10-13,16,18,20H,3-4,8-9,14-15H2,1-2H3/t20-/m1/s1. The van der Waals surface area contributed by atoms with Crippen LogP contribution >= 0.6 is 0 Å². The van der Waals surface area contributed by atoms with Crippen LogP contribution in [0.5, 0.6) is 0 Å². The second kappa shape index (κ2) is 8.65. The monoisotopic (exact) mass is 380 g/mol. The van der Waals surface area contributed by atoms with Crippen LogP contribution in [0.15, 0.2) is 47.3 Å². The molecule has 0 saturated heterocycles. The molecule has 3 aromatic rings. The first kappa shape index (κ1) is 18.8. The number of rotatable bonds is 8. The molecule has 0 unspecified atom stereocenters. The molecule has 3 aromatic heterocycles. The van der Waals surface area contributed by atoms with Gasteiger partial charge in [-0.1, -0.05) is 32.8 Å². The molecule has 0 N–H and O–H groups in total. The molecule has 0 amide bonds. The lowest BCUT2D eigenvalue weighted by molar-refractivity contribution is 0.114. The van der Waals surface area contributed by atoms with Gasteiger partial charge in [0.15, 0.2) is 5.82 Å². The molecule has 0 spiro atoms. The molecule has 0 bridgehead atoms. The lowest BCUT2D eigenvalue weighted by atomic mass is 10.00. The highest BCUT2D eigenvalue weighted by molar-refractivity contribution is 5.11. The molecule has 28 heavy (non-hydrogen) atoms. The molecule has 148 valence electrons. The van der Waals surface area contributed by atoms with Crippen molar-refractivity contribution in [2.45, 2.75) is 64.7 Å². The molecule has 1 fully saturated rings. The van der Waals surface area contributed by atoms with E-state index in [0.29, 0.717) is 18.5 Å². The third-order valence-corrected chi connectivity index (χ3v) is 5.53. The number of nitrogens with zero attached hydrogens (tertiary/aromatic N) is 6. The quantitative estimate of drug-likeness (QED) is 0.584. The highest BCUT2D eigenvalue weighted by Gasteiger charge is 2.32. The average molecular weight is 380 g/mol. The Morgan fingerprint density at radius 2 is 2.04 bits per heavy atom. The van der Waals surface area contributed by atoms with Crippen molar-refractivity contribution in [3.63, 3.8) is 0 Å². The summed E-state index contributed by atoms with van der Waals surface area (Å²) in [5, 5.41) is 12.9. The zero-order valence-corrected chi connectivity index (χ0v) is 16.6. The fourth-order valence-corrected chi connectivity index (χ4v) is 4.27. The summed E-state index contributed by atoms with van der Waals surface area (Å²) >= 11 is 0. The van der Waals surface area contributed by atoms with Gasteiger partial charge in [0, 0.05) is 18.9 Å². The Morgan fingerprint density at radius 1 is 1.18 bits per heavy atom.